The highest BCUT2D eigenvalue weighted by Gasteiger charge is 2.50. The van der Waals surface area contributed by atoms with Gasteiger partial charge in [0.15, 0.2) is 12.3 Å². The van der Waals surface area contributed by atoms with Gasteiger partial charge in [-0.05, 0) is 6.92 Å². The van der Waals surface area contributed by atoms with Crippen LogP contribution < -0.4 is 0 Å². The third kappa shape index (κ3) is 2.19. The first-order valence-electron chi connectivity index (χ1n) is 3.26. The normalized spacial score (nSPS) is 19.8. The van der Waals surface area contributed by atoms with Gasteiger partial charge in [-0.15, -0.1) is 0 Å². The molecule has 0 aliphatic rings. The zero-order valence-electron chi connectivity index (χ0n) is 6.41. The molecule has 0 nitrogen and oxygen atoms in total. The van der Waals surface area contributed by atoms with Crippen LogP contribution in [-0.2, 0) is 0 Å². The molecule has 0 bridgehead atoms. The first-order valence-corrected chi connectivity index (χ1v) is 3.26. The molecule has 3 atom stereocenters. The molecule has 0 N–H and O–H groups in total. The van der Waals surface area contributed by atoms with E-state index in [2.05, 4.69) is 6.58 Å². The van der Waals surface area contributed by atoms with Crippen LogP contribution in [-0.4, -0.2) is 24.4 Å². The Hall–Kier alpha value is -0.610. The molecular weight excluding hydrogens is 179 g/mol. The fourth-order valence-corrected chi connectivity index (χ4v) is 0.615. The lowest BCUT2D eigenvalue weighted by atomic mass is 10.1. The summed E-state index contributed by atoms with van der Waals surface area (Å²) in [5.41, 5.74) is 0. The van der Waals surface area contributed by atoms with Crippen LogP contribution in [0.4, 0.5) is 22.0 Å². The Balaban J connectivity index is 4.47. The molecule has 0 aromatic rings. The van der Waals surface area contributed by atoms with E-state index in [0.717, 1.165) is 0 Å². The van der Waals surface area contributed by atoms with E-state index in [9.17, 15) is 22.0 Å². The molecule has 0 aromatic heterocycles. The van der Waals surface area contributed by atoms with Crippen LogP contribution in [0.5, 0.6) is 0 Å². The molecule has 12 heavy (non-hydrogen) atoms. The van der Waals surface area contributed by atoms with E-state index in [-0.39, 0.29) is 6.08 Å². The van der Waals surface area contributed by atoms with E-state index >= 15 is 0 Å². The van der Waals surface area contributed by atoms with Crippen molar-refractivity contribution >= 4 is 0 Å². The zero-order valence-corrected chi connectivity index (χ0v) is 6.41. The van der Waals surface area contributed by atoms with Gasteiger partial charge in [0, 0.05) is 0 Å². The first-order chi connectivity index (χ1) is 5.34. The Bertz CT molecular complexity index is 154. The standard InChI is InChI=1S/C7H9F5/c1-3-5(9)7(11,12)6(10)4(2)8/h3-6H,1H2,2H3. The van der Waals surface area contributed by atoms with E-state index in [0.29, 0.717) is 6.92 Å². The van der Waals surface area contributed by atoms with Crippen LogP contribution in [0, 0.1) is 0 Å². The monoisotopic (exact) mass is 188 g/mol. The lowest BCUT2D eigenvalue weighted by Gasteiger charge is -2.22. The minimum atomic E-state index is -4.34. The van der Waals surface area contributed by atoms with Gasteiger partial charge >= 0.3 is 5.92 Å². The number of allylic oxidation sites excluding steroid dienone is 1. The molecule has 0 amide bonds. The van der Waals surface area contributed by atoms with E-state index < -0.39 is 24.4 Å². The van der Waals surface area contributed by atoms with Crippen LogP contribution in [0.3, 0.4) is 0 Å². The van der Waals surface area contributed by atoms with Crippen molar-refractivity contribution in [2.24, 2.45) is 0 Å². The highest BCUT2D eigenvalue weighted by Crippen LogP contribution is 2.31. The van der Waals surface area contributed by atoms with Gasteiger partial charge < -0.3 is 0 Å². The van der Waals surface area contributed by atoms with Crippen LogP contribution in [0.25, 0.3) is 0 Å². The van der Waals surface area contributed by atoms with Crippen molar-refractivity contribution in [2.75, 3.05) is 0 Å². The van der Waals surface area contributed by atoms with Gasteiger partial charge in [-0.1, -0.05) is 12.7 Å². The fraction of sp³-hybridized carbons (Fsp3) is 0.714. The summed E-state index contributed by atoms with van der Waals surface area (Å²) in [5, 5.41) is 0. The van der Waals surface area contributed by atoms with Crippen LogP contribution in [0.2, 0.25) is 0 Å². The maximum Gasteiger partial charge on any atom is 0.315 e. The van der Waals surface area contributed by atoms with Crippen LogP contribution in [0.15, 0.2) is 12.7 Å². The van der Waals surface area contributed by atoms with Crippen molar-refractivity contribution < 1.29 is 22.0 Å². The fourth-order valence-electron chi connectivity index (χ4n) is 0.615. The second kappa shape index (κ2) is 3.87. The number of hydrogen-bond acceptors (Lipinski definition) is 0. The minimum Gasteiger partial charge on any atom is -0.244 e. The average Bonchev–Trinajstić information content (AvgIpc) is 2.01. The second-order valence-electron chi connectivity index (χ2n) is 2.39. The smallest absolute Gasteiger partial charge is 0.244 e. The van der Waals surface area contributed by atoms with Gasteiger partial charge in [0.25, 0.3) is 0 Å². The predicted molar refractivity (Wildman–Crippen MR) is 35.5 cm³/mol. The van der Waals surface area contributed by atoms with Gasteiger partial charge in [-0.3, -0.25) is 0 Å². The Morgan fingerprint density at radius 3 is 1.92 bits per heavy atom. The van der Waals surface area contributed by atoms with Crippen LogP contribution in [0.1, 0.15) is 6.92 Å². The first kappa shape index (κ1) is 11.4. The molecule has 0 heterocycles. The summed E-state index contributed by atoms with van der Waals surface area (Å²) in [6.07, 6.45) is -8.15. The highest BCUT2D eigenvalue weighted by atomic mass is 19.3. The Kier molecular flexibility index (Phi) is 3.67. The summed E-state index contributed by atoms with van der Waals surface area (Å²) in [6, 6.07) is 0. The average molecular weight is 188 g/mol. The molecule has 0 aliphatic carbocycles. The molecule has 0 radical (unpaired) electrons. The van der Waals surface area contributed by atoms with Crippen molar-refractivity contribution in [3.05, 3.63) is 12.7 Å². The van der Waals surface area contributed by atoms with E-state index in [4.69, 9.17) is 0 Å². The molecule has 72 valence electrons. The molecule has 5 heteroatoms. The number of rotatable bonds is 4. The Morgan fingerprint density at radius 2 is 1.67 bits per heavy atom. The van der Waals surface area contributed by atoms with Crippen molar-refractivity contribution in [2.45, 2.75) is 31.4 Å². The molecule has 3 unspecified atom stereocenters. The van der Waals surface area contributed by atoms with Gasteiger partial charge in [0.1, 0.15) is 6.17 Å². The lowest BCUT2D eigenvalue weighted by Crippen LogP contribution is -2.43. The summed E-state index contributed by atoms with van der Waals surface area (Å²) < 4.78 is 61.4. The SMILES string of the molecule is C=CC(F)C(F)(F)C(F)C(C)F. The van der Waals surface area contributed by atoms with E-state index in [1.54, 1.807) is 0 Å². The topological polar surface area (TPSA) is 0 Å². The molecule has 0 saturated heterocycles. The van der Waals surface area contributed by atoms with Gasteiger partial charge in [0.2, 0.25) is 0 Å². The molecule has 0 saturated carbocycles. The lowest BCUT2D eigenvalue weighted by molar-refractivity contribution is -0.131. The van der Waals surface area contributed by atoms with Gasteiger partial charge in [-0.2, -0.15) is 8.78 Å². The summed E-state index contributed by atoms with van der Waals surface area (Å²) in [4.78, 5) is 0. The zero-order chi connectivity index (χ0) is 9.94. The van der Waals surface area contributed by atoms with Crippen LogP contribution >= 0.6 is 0 Å². The predicted octanol–water partition coefficient (Wildman–Crippen LogP) is 2.84. The quantitative estimate of drug-likeness (QED) is 0.470. The molecule has 0 rings (SSSR count). The third-order valence-corrected chi connectivity index (χ3v) is 1.35. The van der Waals surface area contributed by atoms with Crippen molar-refractivity contribution in [1.29, 1.82) is 0 Å². The van der Waals surface area contributed by atoms with E-state index in [1.807, 2.05) is 0 Å². The minimum absolute atomic E-state index is 0.245. The maximum absolute atomic E-state index is 12.4. The Morgan fingerprint density at radius 1 is 1.25 bits per heavy atom. The molecular formula is C7H9F5. The van der Waals surface area contributed by atoms with Gasteiger partial charge in [0.05, 0.1) is 0 Å². The second-order valence-corrected chi connectivity index (χ2v) is 2.39. The number of alkyl halides is 5. The summed E-state index contributed by atoms with van der Waals surface area (Å²) in [6.45, 7) is 3.33. The summed E-state index contributed by atoms with van der Waals surface area (Å²) in [5.74, 6) is -4.34. The molecule has 0 fully saturated rings. The number of hydrogen-bond donors (Lipinski definition) is 0. The number of halogens is 5. The highest BCUT2D eigenvalue weighted by molar-refractivity contribution is 4.96. The molecule has 0 aliphatic heterocycles. The Labute approximate surface area is 67.1 Å². The van der Waals surface area contributed by atoms with Crippen molar-refractivity contribution in [3.63, 3.8) is 0 Å². The largest absolute Gasteiger partial charge is 0.315 e. The molecule has 0 spiro atoms. The summed E-state index contributed by atoms with van der Waals surface area (Å²) >= 11 is 0. The van der Waals surface area contributed by atoms with E-state index in [1.165, 1.54) is 0 Å². The maximum atomic E-state index is 12.4. The van der Waals surface area contributed by atoms with Crippen molar-refractivity contribution in [1.82, 2.24) is 0 Å². The molecule has 0 aromatic carbocycles. The summed E-state index contributed by atoms with van der Waals surface area (Å²) in [7, 11) is 0. The third-order valence-electron chi connectivity index (χ3n) is 1.35. The van der Waals surface area contributed by atoms with Gasteiger partial charge in [-0.25, -0.2) is 13.2 Å². The van der Waals surface area contributed by atoms with Crippen molar-refractivity contribution in [3.8, 4) is 0 Å².